The Bertz CT molecular complexity index is 1580. The standard InChI is InChI=1S/C25H24N8O4S4/c1-32-8-6-12(7-9-32)15-11-39-21(27-15)14-10-40-23-17(22(35)33(23)18(14)24(36)38)28-20(34)16(19-29-25(26)41-31-19)30-37-13-4-2-3-5-13/h6-9,11,13,17,23H,2-5,10H2,1H3,(H3-,26,28,29,31,34,36,38)/b30-16-/t17-,23-/m1/s1. The summed E-state index contributed by atoms with van der Waals surface area (Å²) in [5, 5.41) is 8.34. The van der Waals surface area contributed by atoms with Gasteiger partial charge < -0.3 is 33.3 Å². The van der Waals surface area contributed by atoms with E-state index in [0.717, 1.165) is 48.5 Å². The number of thiazole rings is 1. The van der Waals surface area contributed by atoms with E-state index in [2.05, 4.69) is 19.8 Å². The highest BCUT2D eigenvalue weighted by Crippen LogP contribution is 2.44. The minimum absolute atomic E-state index is 0.0262. The third-order valence-electron chi connectivity index (χ3n) is 6.95. The average Bonchev–Trinajstić information content (AvgIpc) is 3.74. The molecule has 12 nitrogen and oxygen atoms in total. The number of carbonyl (C=O) groups excluding carboxylic acids is 3. The van der Waals surface area contributed by atoms with Crippen molar-refractivity contribution in [2.75, 3.05) is 11.5 Å². The van der Waals surface area contributed by atoms with Gasteiger partial charge in [-0.15, -0.1) is 23.1 Å². The minimum Gasteiger partial charge on any atom is -0.735 e. The van der Waals surface area contributed by atoms with Crippen molar-refractivity contribution in [2.24, 2.45) is 12.2 Å². The molecule has 0 spiro atoms. The van der Waals surface area contributed by atoms with Gasteiger partial charge in [0.15, 0.2) is 17.5 Å². The summed E-state index contributed by atoms with van der Waals surface area (Å²) in [5.41, 5.74) is 8.02. The zero-order valence-electron chi connectivity index (χ0n) is 21.7. The first-order valence-corrected chi connectivity index (χ1v) is 15.9. The molecule has 6 rings (SSSR count). The Morgan fingerprint density at radius 2 is 2.00 bits per heavy atom. The van der Waals surface area contributed by atoms with Crippen molar-refractivity contribution >= 4 is 80.6 Å². The van der Waals surface area contributed by atoms with E-state index >= 15 is 0 Å². The lowest BCUT2D eigenvalue weighted by Crippen LogP contribution is -2.70. The molecular formula is C25H24N8O4S4. The van der Waals surface area contributed by atoms with Gasteiger partial charge in [0.25, 0.3) is 11.8 Å². The van der Waals surface area contributed by atoms with Crippen LogP contribution in [-0.4, -0.2) is 65.2 Å². The highest BCUT2D eigenvalue weighted by molar-refractivity contribution is 8.00. The van der Waals surface area contributed by atoms with Crippen molar-refractivity contribution in [1.82, 2.24) is 24.6 Å². The van der Waals surface area contributed by atoms with Crippen LogP contribution in [0, 0.1) is 0 Å². The van der Waals surface area contributed by atoms with E-state index < -0.39 is 28.3 Å². The largest absolute Gasteiger partial charge is 0.735 e. The summed E-state index contributed by atoms with van der Waals surface area (Å²) in [7, 11) is 1.93. The molecule has 0 radical (unpaired) electrons. The van der Waals surface area contributed by atoms with Crippen molar-refractivity contribution in [3.8, 4) is 11.3 Å². The first-order chi connectivity index (χ1) is 19.8. The number of pyridine rings is 1. The van der Waals surface area contributed by atoms with E-state index in [-0.39, 0.29) is 28.5 Å². The van der Waals surface area contributed by atoms with Crippen LogP contribution < -0.4 is 15.6 Å². The summed E-state index contributed by atoms with van der Waals surface area (Å²) in [5.74, 6) is -0.694. The van der Waals surface area contributed by atoms with Gasteiger partial charge >= 0.3 is 0 Å². The number of β-lactam (4-membered cyclic amide) rings is 1. The van der Waals surface area contributed by atoms with Crippen molar-refractivity contribution in [3.05, 3.63) is 46.4 Å². The normalized spacial score (nSPS) is 21.0. The van der Waals surface area contributed by atoms with Crippen LogP contribution in [0.1, 0.15) is 36.5 Å². The van der Waals surface area contributed by atoms with Gasteiger partial charge in [-0.1, -0.05) is 5.16 Å². The van der Waals surface area contributed by atoms with Crippen molar-refractivity contribution in [2.45, 2.75) is 43.2 Å². The van der Waals surface area contributed by atoms with Crippen LogP contribution in [0.25, 0.3) is 16.8 Å². The van der Waals surface area contributed by atoms with Gasteiger partial charge in [0.2, 0.25) is 11.5 Å². The third kappa shape index (κ3) is 5.43. The number of fused-ring (bicyclic) bond motifs is 1. The number of nitrogen functional groups attached to an aromatic ring is 1. The van der Waals surface area contributed by atoms with Gasteiger partial charge in [-0.05, 0) is 25.7 Å². The van der Waals surface area contributed by atoms with Crippen LogP contribution in [0.5, 0.6) is 0 Å². The Kier molecular flexibility index (Phi) is 7.72. The summed E-state index contributed by atoms with van der Waals surface area (Å²) in [6.07, 6.45) is 7.51. The molecule has 3 N–H and O–H groups in total. The maximum Gasteiger partial charge on any atom is 0.278 e. The summed E-state index contributed by atoms with van der Waals surface area (Å²) in [6, 6.07) is 3.01. The van der Waals surface area contributed by atoms with Crippen LogP contribution in [0.4, 0.5) is 5.13 Å². The number of nitrogens with zero attached hydrogens (tertiary/aromatic N) is 6. The molecule has 41 heavy (non-hydrogen) atoms. The van der Waals surface area contributed by atoms with Crippen molar-refractivity contribution in [1.29, 1.82) is 0 Å². The molecule has 1 aliphatic carbocycles. The molecule has 1 saturated heterocycles. The molecule has 212 valence electrons. The number of oxime groups is 1. The van der Waals surface area contributed by atoms with E-state index in [4.69, 9.17) is 28.2 Å². The third-order valence-corrected chi connectivity index (χ3v) is 9.87. The molecule has 3 aromatic rings. The summed E-state index contributed by atoms with van der Waals surface area (Å²) >= 11 is 8.79. The highest BCUT2D eigenvalue weighted by atomic mass is 32.2. The zero-order chi connectivity index (χ0) is 28.7. The Morgan fingerprint density at radius 3 is 2.68 bits per heavy atom. The summed E-state index contributed by atoms with van der Waals surface area (Å²) in [4.78, 5) is 55.1. The molecule has 2 fully saturated rings. The topological polar surface area (TPSA) is 157 Å². The monoisotopic (exact) mass is 628 g/mol. The van der Waals surface area contributed by atoms with Gasteiger partial charge in [-0.3, -0.25) is 14.5 Å². The molecule has 1 saturated carbocycles. The van der Waals surface area contributed by atoms with Crippen molar-refractivity contribution in [3.63, 3.8) is 0 Å². The lowest BCUT2D eigenvalue weighted by atomic mass is 10.0. The Hall–Kier alpha value is -3.47. The van der Waals surface area contributed by atoms with Crippen LogP contribution in [0.2, 0.25) is 0 Å². The number of thioether (sulfide) groups is 1. The predicted octanol–water partition coefficient (Wildman–Crippen LogP) is 1.62. The minimum atomic E-state index is -0.900. The quantitative estimate of drug-likeness (QED) is 0.124. The SMILES string of the molecule is C[n+]1ccc(-c2csc(C3=C(C(=O)[S-])N4C(=O)[C@@H](NC(=O)/C(=N\OC5CCCC5)c5nsc(N)n5)[C@H]4SC3)n2)cc1. The first kappa shape index (κ1) is 27.7. The number of nitrogens with one attached hydrogen (secondary N) is 1. The second-order valence-electron chi connectivity index (χ2n) is 9.67. The smallest absolute Gasteiger partial charge is 0.278 e. The molecule has 2 atom stereocenters. The zero-order valence-corrected chi connectivity index (χ0v) is 24.9. The first-order valence-electron chi connectivity index (χ1n) is 12.7. The fraction of sp³-hybridized carbons (Fsp3) is 0.360. The van der Waals surface area contributed by atoms with Crippen LogP contribution in [-0.2, 0) is 38.9 Å². The van der Waals surface area contributed by atoms with Crippen LogP contribution in [0.15, 0.2) is 40.8 Å². The molecule has 3 aromatic heterocycles. The van der Waals surface area contributed by atoms with E-state index in [1.165, 1.54) is 28.0 Å². The Balaban J connectivity index is 1.22. The molecule has 0 aromatic carbocycles. The van der Waals surface area contributed by atoms with Gasteiger partial charge in [0.05, 0.1) is 16.5 Å². The van der Waals surface area contributed by atoms with Crippen molar-refractivity contribution < 1.29 is 23.8 Å². The van der Waals surface area contributed by atoms with Gasteiger partial charge in [-0.25, -0.2) is 9.55 Å². The fourth-order valence-corrected chi connectivity index (χ4v) is 7.80. The molecule has 0 unspecified atom stereocenters. The Labute approximate surface area is 252 Å². The van der Waals surface area contributed by atoms with Gasteiger partial charge in [0.1, 0.15) is 29.6 Å². The second kappa shape index (κ2) is 11.4. The molecule has 3 aliphatic rings. The van der Waals surface area contributed by atoms with E-state index in [9.17, 15) is 14.4 Å². The number of hydrogen-bond donors (Lipinski definition) is 2. The number of anilines is 1. The number of rotatable bonds is 8. The van der Waals surface area contributed by atoms with Crippen LogP contribution >= 0.6 is 34.6 Å². The molecule has 5 heterocycles. The molecule has 16 heteroatoms. The maximum absolute atomic E-state index is 13.3. The maximum atomic E-state index is 13.3. The van der Waals surface area contributed by atoms with Gasteiger partial charge in [-0.2, -0.15) is 9.36 Å². The number of carbonyl (C=O) groups is 3. The van der Waals surface area contributed by atoms with Gasteiger partial charge in [0, 0.05) is 45.9 Å². The number of amides is 2. The number of nitrogens with two attached hydrogens (primary N) is 1. The molecule has 0 bridgehead atoms. The molecule has 2 aliphatic heterocycles. The number of hydrogen-bond acceptors (Lipinski definition) is 13. The van der Waals surface area contributed by atoms with Crippen LogP contribution in [0.3, 0.4) is 0 Å². The summed E-state index contributed by atoms with van der Waals surface area (Å²) < 4.78 is 6.03. The lowest BCUT2D eigenvalue weighted by Gasteiger charge is -2.50. The molecular weight excluding hydrogens is 605 g/mol. The fourth-order valence-electron chi connectivity index (χ4n) is 4.83. The van der Waals surface area contributed by atoms with E-state index in [1.807, 2.05) is 41.5 Å². The number of aryl methyl sites for hydroxylation is 1. The second-order valence-corrected chi connectivity index (χ2v) is 12.8. The lowest BCUT2D eigenvalue weighted by molar-refractivity contribution is -0.671. The predicted molar refractivity (Wildman–Crippen MR) is 157 cm³/mol. The highest BCUT2D eigenvalue weighted by Gasteiger charge is 2.53. The summed E-state index contributed by atoms with van der Waals surface area (Å²) in [6.45, 7) is 0. The average molecular weight is 629 g/mol. The number of aromatic nitrogens is 4. The van der Waals surface area contributed by atoms with E-state index in [1.54, 1.807) is 0 Å². The molecule has 2 amide bonds. The Morgan fingerprint density at radius 1 is 1.24 bits per heavy atom. The van der Waals surface area contributed by atoms with E-state index in [0.29, 0.717) is 16.3 Å².